The zero-order valence-electron chi connectivity index (χ0n) is 20.9. The van der Waals surface area contributed by atoms with Crippen molar-refractivity contribution in [3.05, 3.63) is 96.6 Å². The summed E-state index contributed by atoms with van der Waals surface area (Å²) in [5.41, 5.74) is 3.95. The van der Waals surface area contributed by atoms with Crippen molar-refractivity contribution in [3.8, 4) is 17.2 Å². The van der Waals surface area contributed by atoms with Gasteiger partial charge in [-0.25, -0.2) is 0 Å². The fourth-order valence-corrected chi connectivity index (χ4v) is 5.02. The van der Waals surface area contributed by atoms with E-state index < -0.39 is 0 Å². The van der Waals surface area contributed by atoms with Crippen molar-refractivity contribution in [1.29, 1.82) is 0 Å². The van der Waals surface area contributed by atoms with Gasteiger partial charge in [-0.15, -0.1) is 0 Å². The Labute approximate surface area is 225 Å². The first-order chi connectivity index (χ1) is 18.5. The fourth-order valence-electron chi connectivity index (χ4n) is 4.68. The maximum absolute atomic E-state index is 12.3. The highest BCUT2D eigenvalue weighted by Crippen LogP contribution is 2.43. The van der Waals surface area contributed by atoms with E-state index in [0.717, 1.165) is 22.8 Å². The van der Waals surface area contributed by atoms with E-state index in [9.17, 15) is 9.90 Å². The monoisotopic (exact) mass is 529 g/mol. The number of hydrogen-bond acceptors (Lipinski definition) is 6. The number of rotatable bonds is 8. The Morgan fingerprint density at radius 2 is 1.87 bits per heavy atom. The second kappa shape index (κ2) is 10.9. The lowest BCUT2D eigenvalue weighted by molar-refractivity contribution is -0.119. The number of ether oxygens (including phenoxy) is 2. The van der Waals surface area contributed by atoms with Crippen LogP contribution in [0.4, 0.5) is 11.4 Å². The van der Waals surface area contributed by atoms with Gasteiger partial charge in [-0.2, -0.15) is 0 Å². The van der Waals surface area contributed by atoms with Crippen LogP contribution in [0.25, 0.3) is 5.69 Å². The average Bonchev–Trinajstić information content (AvgIpc) is 3.54. The predicted octanol–water partition coefficient (Wildman–Crippen LogP) is 4.35. The summed E-state index contributed by atoms with van der Waals surface area (Å²) in [6.45, 7) is -0.0818. The number of thiocarbonyl (C=S) groups is 1. The topological polar surface area (TPSA) is 101 Å². The molecular weight excluding hydrogens is 502 g/mol. The van der Waals surface area contributed by atoms with Crippen molar-refractivity contribution >= 4 is 34.6 Å². The number of aromatic nitrogens is 2. The fraction of sp³-hybridized carbons (Fsp3) is 0.179. The van der Waals surface area contributed by atoms with Gasteiger partial charge in [0.05, 0.1) is 24.5 Å². The van der Waals surface area contributed by atoms with E-state index >= 15 is 0 Å². The standard InChI is InChI=1S/C28H27N5O4S/c1-36-17-25(35)30-22-16-19(10-13-24(22)37-2)33-27(26(31-28(33)38)21-6-3-4-14-29-21)23-7-5-15-32(23)18-8-11-20(34)12-9-18/h3-16,26-27,34H,17H2,1-2H3,(H,30,35)(H,31,38). The van der Waals surface area contributed by atoms with Crippen LogP contribution in [0.15, 0.2) is 85.2 Å². The van der Waals surface area contributed by atoms with Crippen molar-refractivity contribution in [3.63, 3.8) is 0 Å². The lowest BCUT2D eigenvalue weighted by Crippen LogP contribution is -2.30. The third kappa shape index (κ3) is 4.91. The molecule has 1 saturated heterocycles. The van der Waals surface area contributed by atoms with Gasteiger partial charge < -0.3 is 34.7 Å². The second-order valence-corrected chi connectivity index (χ2v) is 9.07. The number of methoxy groups -OCH3 is 2. The van der Waals surface area contributed by atoms with Crippen LogP contribution in [-0.4, -0.2) is 46.5 Å². The molecule has 2 aromatic carbocycles. The molecule has 3 heterocycles. The Balaban J connectivity index is 1.62. The van der Waals surface area contributed by atoms with Crippen molar-refractivity contribution in [1.82, 2.24) is 14.9 Å². The van der Waals surface area contributed by atoms with Gasteiger partial charge in [-0.1, -0.05) is 6.07 Å². The maximum atomic E-state index is 12.3. The predicted molar refractivity (Wildman–Crippen MR) is 149 cm³/mol. The largest absolute Gasteiger partial charge is 0.508 e. The number of carbonyl (C=O) groups excluding carboxylic acids is 1. The molecule has 5 rings (SSSR count). The third-order valence-corrected chi connectivity index (χ3v) is 6.63. The van der Waals surface area contributed by atoms with Crippen molar-refractivity contribution in [2.75, 3.05) is 31.0 Å². The first kappa shape index (κ1) is 25.2. The van der Waals surface area contributed by atoms with E-state index in [2.05, 4.69) is 20.2 Å². The van der Waals surface area contributed by atoms with Crippen molar-refractivity contribution in [2.45, 2.75) is 12.1 Å². The lowest BCUT2D eigenvalue weighted by Gasteiger charge is -2.29. The molecule has 0 aliphatic carbocycles. The molecule has 0 bridgehead atoms. The average molecular weight is 530 g/mol. The van der Waals surface area contributed by atoms with Crippen LogP contribution in [0.2, 0.25) is 0 Å². The molecule has 4 aromatic rings. The van der Waals surface area contributed by atoms with Gasteiger partial charge in [0, 0.05) is 36.6 Å². The van der Waals surface area contributed by atoms with Crippen molar-refractivity contribution in [2.24, 2.45) is 0 Å². The summed E-state index contributed by atoms with van der Waals surface area (Å²) in [5, 5.41) is 16.6. The minimum absolute atomic E-state index is 0.0818. The van der Waals surface area contributed by atoms with E-state index in [0.29, 0.717) is 16.5 Å². The number of nitrogens with zero attached hydrogens (tertiary/aromatic N) is 3. The van der Waals surface area contributed by atoms with Gasteiger partial charge in [0.25, 0.3) is 0 Å². The molecule has 1 aliphatic heterocycles. The lowest BCUT2D eigenvalue weighted by atomic mass is 10.0. The quantitative estimate of drug-likeness (QED) is 0.290. The number of amides is 1. The number of phenols is 1. The minimum Gasteiger partial charge on any atom is -0.508 e. The molecule has 2 unspecified atom stereocenters. The summed E-state index contributed by atoms with van der Waals surface area (Å²) in [7, 11) is 3.01. The minimum atomic E-state index is -0.297. The summed E-state index contributed by atoms with van der Waals surface area (Å²) in [5.74, 6) is 0.413. The summed E-state index contributed by atoms with van der Waals surface area (Å²) in [6, 6.07) is 21.8. The van der Waals surface area contributed by atoms with E-state index in [-0.39, 0.29) is 30.3 Å². The van der Waals surface area contributed by atoms with E-state index in [1.807, 2.05) is 65.7 Å². The number of hydrogen-bond donors (Lipinski definition) is 3. The molecule has 1 aliphatic rings. The Kier molecular flexibility index (Phi) is 7.25. The summed E-state index contributed by atoms with van der Waals surface area (Å²) in [6.07, 6.45) is 3.73. The summed E-state index contributed by atoms with van der Waals surface area (Å²) < 4.78 is 12.5. The molecular formula is C28H27N5O4S. The summed E-state index contributed by atoms with van der Waals surface area (Å²) >= 11 is 5.87. The Morgan fingerprint density at radius 3 is 2.58 bits per heavy atom. The molecule has 9 nitrogen and oxygen atoms in total. The van der Waals surface area contributed by atoms with Crippen LogP contribution in [0, 0.1) is 0 Å². The van der Waals surface area contributed by atoms with Gasteiger partial charge in [-0.05, 0) is 78.9 Å². The van der Waals surface area contributed by atoms with E-state index in [1.54, 1.807) is 31.5 Å². The first-order valence-electron chi connectivity index (χ1n) is 11.9. The van der Waals surface area contributed by atoms with Crippen LogP contribution in [-0.2, 0) is 9.53 Å². The number of pyridine rings is 1. The Bertz CT molecular complexity index is 1440. The molecule has 0 saturated carbocycles. The molecule has 0 spiro atoms. The third-order valence-electron chi connectivity index (χ3n) is 6.32. The Hall–Kier alpha value is -4.41. The zero-order chi connectivity index (χ0) is 26.6. The highest BCUT2D eigenvalue weighted by Gasteiger charge is 2.42. The molecule has 194 valence electrons. The number of aromatic hydroxyl groups is 1. The van der Waals surface area contributed by atoms with Gasteiger partial charge in [0.1, 0.15) is 24.1 Å². The smallest absolute Gasteiger partial charge is 0.250 e. The van der Waals surface area contributed by atoms with E-state index in [4.69, 9.17) is 21.7 Å². The van der Waals surface area contributed by atoms with Crippen LogP contribution >= 0.6 is 12.2 Å². The van der Waals surface area contributed by atoms with Crippen LogP contribution < -0.4 is 20.3 Å². The number of carbonyl (C=O) groups is 1. The van der Waals surface area contributed by atoms with Gasteiger partial charge in [0.15, 0.2) is 5.11 Å². The van der Waals surface area contributed by atoms with Gasteiger partial charge >= 0.3 is 0 Å². The van der Waals surface area contributed by atoms with Crippen molar-refractivity contribution < 1.29 is 19.4 Å². The molecule has 2 aromatic heterocycles. The molecule has 38 heavy (non-hydrogen) atoms. The summed E-state index contributed by atoms with van der Waals surface area (Å²) in [4.78, 5) is 19.0. The molecule has 1 fully saturated rings. The van der Waals surface area contributed by atoms with E-state index in [1.165, 1.54) is 7.11 Å². The maximum Gasteiger partial charge on any atom is 0.250 e. The van der Waals surface area contributed by atoms with Crippen LogP contribution in [0.3, 0.4) is 0 Å². The molecule has 2 atom stereocenters. The molecule has 3 N–H and O–H groups in total. The van der Waals surface area contributed by atoms with Gasteiger partial charge in [0.2, 0.25) is 5.91 Å². The highest BCUT2D eigenvalue weighted by atomic mass is 32.1. The zero-order valence-corrected chi connectivity index (χ0v) is 21.7. The molecule has 0 radical (unpaired) electrons. The normalized spacial score (nSPS) is 16.8. The van der Waals surface area contributed by atoms with Gasteiger partial charge in [-0.3, -0.25) is 9.78 Å². The van der Waals surface area contributed by atoms with Crippen LogP contribution in [0.1, 0.15) is 23.5 Å². The number of phenolic OH excluding ortho intramolecular Hbond substituents is 1. The number of benzene rings is 2. The molecule has 1 amide bonds. The first-order valence-corrected chi connectivity index (χ1v) is 12.3. The number of nitrogens with one attached hydrogen (secondary N) is 2. The molecule has 10 heteroatoms. The number of anilines is 2. The van der Waals surface area contributed by atoms with Crippen LogP contribution in [0.5, 0.6) is 11.5 Å². The Morgan fingerprint density at radius 1 is 1.08 bits per heavy atom. The second-order valence-electron chi connectivity index (χ2n) is 8.68. The SMILES string of the molecule is COCC(=O)Nc1cc(N2C(=S)NC(c3ccccn3)C2c2cccn2-c2ccc(O)cc2)ccc1OC. The highest BCUT2D eigenvalue weighted by molar-refractivity contribution is 7.80.